The molecule has 0 radical (unpaired) electrons. The standard InChI is InChI=1S/C24H29N3O3S/c1-15(2)17-8-10-18(11-9-17)20(19-7-6-14-31-19)25-21(28)16(3)27-22(29)24(26-23(27)30)12-4-5-13-24/h6-11,14-16,20H,4-5,12-13H2,1-3H3,(H,25,28)(H,26,30). The number of thiophene rings is 1. The summed E-state index contributed by atoms with van der Waals surface area (Å²) in [6.45, 7) is 5.91. The lowest BCUT2D eigenvalue weighted by molar-refractivity contribution is -0.138. The van der Waals surface area contributed by atoms with Crippen molar-refractivity contribution in [3.05, 3.63) is 57.8 Å². The zero-order valence-electron chi connectivity index (χ0n) is 18.2. The van der Waals surface area contributed by atoms with Gasteiger partial charge in [-0.05, 0) is 48.3 Å². The Hall–Kier alpha value is -2.67. The second-order valence-electron chi connectivity index (χ2n) is 8.85. The second-order valence-corrected chi connectivity index (χ2v) is 9.83. The van der Waals surface area contributed by atoms with Crippen LogP contribution in [0.15, 0.2) is 41.8 Å². The van der Waals surface area contributed by atoms with Crippen molar-refractivity contribution in [3.8, 4) is 0 Å². The highest BCUT2D eigenvalue weighted by Crippen LogP contribution is 2.36. The van der Waals surface area contributed by atoms with E-state index in [0.29, 0.717) is 18.8 Å². The van der Waals surface area contributed by atoms with Crippen LogP contribution in [0.4, 0.5) is 4.79 Å². The summed E-state index contributed by atoms with van der Waals surface area (Å²) in [7, 11) is 0. The first kappa shape index (κ1) is 21.6. The Morgan fingerprint density at radius 2 is 1.71 bits per heavy atom. The highest BCUT2D eigenvalue weighted by atomic mass is 32.1. The van der Waals surface area contributed by atoms with Gasteiger partial charge in [-0.3, -0.25) is 9.59 Å². The molecule has 1 spiro atoms. The van der Waals surface area contributed by atoms with Crippen LogP contribution in [0.1, 0.15) is 74.4 Å². The Kier molecular flexibility index (Phi) is 5.88. The number of amides is 4. The third-order valence-electron chi connectivity index (χ3n) is 6.47. The molecular formula is C24H29N3O3S. The number of hydrogen-bond donors (Lipinski definition) is 2. The van der Waals surface area contributed by atoms with E-state index in [0.717, 1.165) is 28.2 Å². The molecule has 1 aliphatic heterocycles. The number of urea groups is 1. The van der Waals surface area contributed by atoms with Gasteiger partial charge < -0.3 is 10.6 Å². The number of benzene rings is 1. The minimum atomic E-state index is -0.884. The molecule has 4 amide bonds. The van der Waals surface area contributed by atoms with Crippen molar-refractivity contribution in [1.29, 1.82) is 0 Å². The molecule has 2 atom stereocenters. The van der Waals surface area contributed by atoms with E-state index in [1.807, 2.05) is 29.6 Å². The van der Waals surface area contributed by atoms with E-state index in [1.165, 1.54) is 5.56 Å². The van der Waals surface area contributed by atoms with Crippen molar-refractivity contribution in [2.24, 2.45) is 0 Å². The van der Waals surface area contributed by atoms with Crippen molar-refractivity contribution in [2.75, 3.05) is 0 Å². The van der Waals surface area contributed by atoms with Gasteiger partial charge in [0.05, 0.1) is 6.04 Å². The highest BCUT2D eigenvalue weighted by molar-refractivity contribution is 7.10. The lowest BCUT2D eigenvalue weighted by atomic mass is 9.97. The molecule has 31 heavy (non-hydrogen) atoms. The van der Waals surface area contributed by atoms with Crippen LogP contribution in [0, 0.1) is 0 Å². The van der Waals surface area contributed by atoms with E-state index in [-0.39, 0.29) is 17.9 Å². The average Bonchev–Trinajstić information content (AvgIpc) is 3.48. The first-order chi connectivity index (χ1) is 14.8. The van der Waals surface area contributed by atoms with Gasteiger partial charge in [0.1, 0.15) is 11.6 Å². The Labute approximate surface area is 187 Å². The number of hydrogen-bond acceptors (Lipinski definition) is 4. The zero-order valence-corrected chi connectivity index (χ0v) is 19.0. The predicted octanol–water partition coefficient (Wildman–Crippen LogP) is 4.33. The monoisotopic (exact) mass is 439 g/mol. The van der Waals surface area contributed by atoms with E-state index in [2.05, 4.69) is 36.6 Å². The molecule has 1 aromatic heterocycles. The molecule has 6 nitrogen and oxygen atoms in total. The molecule has 2 heterocycles. The van der Waals surface area contributed by atoms with Gasteiger partial charge in [0, 0.05) is 4.88 Å². The van der Waals surface area contributed by atoms with E-state index in [1.54, 1.807) is 18.3 Å². The topological polar surface area (TPSA) is 78.5 Å². The number of carbonyl (C=O) groups is 3. The minimum Gasteiger partial charge on any atom is -0.343 e. The summed E-state index contributed by atoms with van der Waals surface area (Å²) in [6, 6.07) is 10.5. The second kappa shape index (κ2) is 8.46. The minimum absolute atomic E-state index is 0.272. The summed E-state index contributed by atoms with van der Waals surface area (Å²) in [5.74, 6) is -0.192. The van der Waals surface area contributed by atoms with Crippen LogP contribution >= 0.6 is 11.3 Å². The van der Waals surface area contributed by atoms with Gasteiger partial charge in [0.2, 0.25) is 5.91 Å². The Bertz CT molecular complexity index is 962. The van der Waals surface area contributed by atoms with E-state index in [9.17, 15) is 14.4 Å². The fourth-order valence-corrected chi connectivity index (χ4v) is 5.34. The highest BCUT2D eigenvalue weighted by Gasteiger charge is 2.54. The molecule has 164 valence electrons. The Balaban J connectivity index is 1.55. The Morgan fingerprint density at radius 1 is 1.06 bits per heavy atom. The Morgan fingerprint density at radius 3 is 2.29 bits per heavy atom. The summed E-state index contributed by atoms with van der Waals surface area (Å²) in [6.07, 6.45) is 3.10. The van der Waals surface area contributed by atoms with Crippen molar-refractivity contribution in [1.82, 2.24) is 15.5 Å². The largest absolute Gasteiger partial charge is 0.343 e. The fraction of sp³-hybridized carbons (Fsp3) is 0.458. The zero-order chi connectivity index (χ0) is 22.2. The van der Waals surface area contributed by atoms with Crippen LogP contribution < -0.4 is 10.6 Å². The van der Waals surface area contributed by atoms with E-state index in [4.69, 9.17) is 0 Å². The molecule has 2 N–H and O–H groups in total. The smallest absolute Gasteiger partial charge is 0.325 e. The lowest BCUT2D eigenvalue weighted by Gasteiger charge is -2.26. The van der Waals surface area contributed by atoms with Crippen LogP contribution in [-0.4, -0.2) is 34.3 Å². The predicted molar refractivity (Wildman–Crippen MR) is 121 cm³/mol. The fourth-order valence-electron chi connectivity index (χ4n) is 4.54. The van der Waals surface area contributed by atoms with Crippen LogP contribution in [0.2, 0.25) is 0 Å². The van der Waals surface area contributed by atoms with Gasteiger partial charge in [0.25, 0.3) is 5.91 Å². The molecule has 1 saturated carbocycles. The number of nitrogens with one attached hydrogen (secondary N) is 2. The molecule has 2 fully saturated rings. The third-order valence-corrected chi connectivity index (χ3v) is 7.40. The molecule has 0 bridgehead atoms. The SMILES string of the molecule is CC(C)c1ccc(C(NC(=O)C(C)N2C(=O)NC3(CCCC3)C2=O)c2cccs2)cc1. The molecule has 2 aromatic rings. The molecule has 2 unspecified atom stereocenters. The average molecular weight is 440 g/mol. The lowest BCUT2D eigenvalue weighted by Crippen LogP contribution is -2.50. The van der Waals surface area contributed by atoms with Crippen LogP contribution in [0.5, 0.6) is 0 Å². The summed E-state index contributed by atoms with van der Waals surface area (Å²) in [5.41, 5.74) is 1.39. The molecular weight excluding hydrogens is 410 g/mol. The van der Waals surface area contributed by atoms with E-state index >= 15 is 0 Å². The van der Waals surface area contributed by atoms with Gasteiger partial charge in [0.15, 0.2) is 0 Å². The normalized spacial score (nSPS) is 19.7. The maximum atomic E-state index is 13.2. The van der Waals surface area contributed by atoms with Gasteiger partial charge in [-0.15, -0.1) is 11.3 Å². The first-order valence-corrected chi connectivity index (χ1v) is 11.8. The van der Waals surface area contributed by atoms with Crippen molar-refractivity contribution in [2.45, 2.75) is 70.0 Å². The maximum Gasteiger partial charge on any atom is 0.325 e. The van der Waals surface area contributed by atoms with Crippen molar-refractivity contribution < 1.29 is 14.4 Å². The quantitative estimate of drug-likeness (QED) is 0.658. The third kappa shape index (κ3) is 3.99. The summed E-state index contributed by atoms with van der Waals surface area (Å²) >= 11 is 1.56. The number of nitrogens with zero attached hydrogens (tertiary/aromatic N) is 1. The molecule has 1 saturated heterocycles. The number of carbonyl (C=O) groups excluding carboxylic acids is 3. The number of rotatable bonds is 6. The molecule has 1 aromatic carbocycles. The van der Waals surface area contributed by atoms with Crippen molar-refractivity contribution in [3.63, 3.8) is 0 Å². The van der Waals surface area contributed by atoms with Gasteiger partial charge in [-0.1, -0.05) is 57.0 Å². The van der Waals surface area contributed by atoms with Gasteiger partial charge in [-0.25, -0.2) is 9.69 Å². The molecule has 1 aliphatic carbocycles. The van der Waals surface area contributed by atoms with Crippen LogP contribution in [-0.2, 0) is 9.59 Å². The summed E-state index contributed by atoms with van der Waals surface area (Å²) < 4.78 is 0. The first-order valence-electron chi connectivity index (χ1n) is 10.9. The van der Waals surface area contributed by atoms with Crippen LogP contribution in [0.25, 0.3) is 0 Å². The van der Waals surface area contributed by atoms with E-state index < -0.39 is 17.6 Å². The number of imide groups is 1. The van der Waals surface area contributed by atoms with Crippen LogP contribution in [0.3, 0.4) is 0 Å². The summed E-state index contributed by atoms with van der Waals surface area (Å²) in [5, 5.41) is 7.91. The molecule has 2 aliphatic rings. The summed E-state index contributed by atoms with van der Waals surface area (Å²) in [4.78, 5) is 40.9. The maximum absolute atomic E-state index is 13.2. The van der Waals surface area contributed by atoms with Gasteiger partial charge in [-0.2, -0.15) is 0 Å². The molecule has 4 rings (SSSR count). The van der Waals surface area contributed by atoms with Crippen molar-refractivity contribution >= 4 is 29.2 Å². The molecule has 7 heteroatoms. The van der Waals surface area contributed by atoms with Gasteiger partial charge >= 0.3 is 6.03 Å².